The van der Waals surface area contributed by atoms with E-state index in [-0.39, 0.29) is 91.3 Å². The number of aryl methyl sites for hydroxylation is 2. The molecule has 412 valence electrons. The topological polar surface area (TPSA) is 233 Å². The van der Waals surface area contributed by atoms with E-state index in [1.807, 2.05) is 0 Å². The fraction of sp³-hybridized carbons (Fsp3) is 0.286. The molecule has 0 fully saturated rings. The van der Waals surface area contributed by atoms with Crippen molar-refractivity contribution in [1.29, 1.82) is 0 Å². The number of sulfonamides is 2. The summed E-state index contributed by atoms with van der Waals surface area (Å²) in [7, 11) is -11.1. The average molecular weight is 1180 g/mol. The molecule has 2 aliphatic rings. The molecule has 6 aromatic rings. The molecule has 4 N–H and O–H groups in total. The van der Waals surface area contributed by atoms with Crippen LogP contribution in [0.1, 0.15) is 57.3 Å². The highest BCUT2D eigenvalue weighted by Crippen LogP contribution is 2.31. The van der Waals surface area contributed by atoms with Crippen LogP contribution in [0.25, 0.3) is 11.3 Å². The van der Waals surface area contributed by atoms with Crippen molar-refractivity contribution in [2.45, 2.75) is 50.8 Å². The highest BCUT2D eigenvalue weighted by atomic mass is 35.5. The molecule has 2 aromatic carbocycles. The number of aromatic nitrogens is 4. The molecular weight excluding hydrogens is 1150 g/mol. The van der Waals surface area contributed by atoms with Crippen LogP contribution in [0.15, 0.2) is 71.1 Å². The molecule has 0 bridgehead atoms. The number of anilines is 2. The van der Waals surface area contributed by atoms with E-state index in [0.29, 0.717) is 48.0 Å². The number of benzene rings is 2. The minimum atomic E-state index is -5.59. The molecule has 0 aliphatic carbocycles. The standard InChI is InChI=1S/C21H18ClF5N6O3S.C11H12F4N4O2S.C10H8ClFN2O2.ClH/c1-2-16-19(32-10-13(22)14(23)8-18(32)30-16)20(34)28-9-12-3-4-17(15(24)7-12)33-6-5-31(11-29-33)37(35,36)21(25,26)27;12-9-5-8(6-16)1-2-10(9)19-4-3-18(7-17-19)22(20,21)11(13,14)15;1-2-7-9(10(15)16)14-4-5(11)6(12)3-8(14)13-7;/h3-4,7-8,10-11H,2,5-6,9H2,1H3,(H,28,34);1-2,5,7H,3-4,6,16H2;3-4H,2H2,1H3,(H,15,16);1H. The molecule has 2 aliphatic heterocycles. The number of rotatable bonds is 11. The van der Waals surface area contributed by atoms with Crippen LogP contribution in [0.4, 0.5) is 55.3 Å². The maximum Gasteiger partial charge on any atom is 0.516 e. The van der Waals surface area contributed by atoms with Crippen molar-refractivity contribution < 1.29 is 75.4 Å². The lowest BCUT2D eigenvalue weighted by molar-refractivity contribution is -0.0477. The van der Waals surface area contributed by atoms with E-state index < -0.39 is 79.3 Å². The van der Waals surface area contributed by atoms with Gasteiger partial charge in [-0.05, 0) is 48.2 Å². The Morgan fingerprint density at radius 2 is 1.07 bits per heavy atom. The maximum absolute atomic E-state index is 14.8. The van der Waals surface area contributed by atoms with Crippen molar-refractivity contribution >= 4 is 103 Å². The lowest BCUT2D eigenvalue weighted by atomic mass is 10.1. The van der Waals surface area contributed by atoms with Crippen LogP contribution in [-0.4, -0.2) is 111 Å². The van der Waals surface area contributed by atoms with Gasteiger partial charge in [-0.2, -0.15) is 53.4 Å². The number of imidazole rings is 2. The molecule has 8 rings (SSSR count). The highest BCUT2D eigenvalue weighted by Gasteiger charge is 2.51. The van der Waals surface area contributed by atoms with Crippen molar-refractivity contribution in [3.63, 3.8) is 0 Å². The molecule has 0 atom stereocenters. The number of pyridine rings is 2. The molecule has 0 saturated carbocycles. The molecule has 4 aromatic heterocycles. The van der Waals surface area contributed by atoms with Crippen molar-refractivity contribution in [3.8, 4) is 0 Å². The smallest absolute Gasteiger partial charge is 0.477 e. The Balaban J connectivity index is 0.000000231. The molecular formula is C42H39Cl3F10N12O7S2. The number of carbonyl (C=O) groups is 2. The zero-order chi connectivity index (χ0) is 55.5. The summed E-state index contributed by atoms with van der Waals surface area (Å²) in [5, 5.41) is 20.6. The van der Waals surface area contributed by atoms with Gasteiger partial charge in [-0.15, -0.1) is 12.4 Å². The number of halogens is 13. The normalized spacial score (nSPS) is 14.0. The fourth-order valence-corrected chi connectivity index (χ4v) is 8.83. The molecule has 34 heteroatoms. The Hall–Kier alpha value is -6.67. The summed E-state index contributed by atoms with van der Waals surface area (Å²) >= 11 is 11.4. The number of hydrogen-bond acceptors (Lipinski definition) is 13. The molecule has 0 spiro atoms. The largest absolute Gasteiger partial charge is 0.516 e. The first-order valence-electron chi connectivity index (χ1n) is 21.3. The molecule has 76 heavy (non-hydrogen) atoms. The first kappa shape index (κ1) is 60.2. The molecule has 0 saturated heterocycles. The maximum atomic E-state index is 14.8. The second-order valence-electron chi connectivity index (χ2n) is 15.5. The van der Waals surface area contributed by atoms with E-state index >= 15 is 0 Å². The SMILES string of the molecule is CCc1nc2cc(F)c(Cl)cn2c1C(=O)NCc1ccc(N2CCN(S(=O)(=O)C(F)(F)F)C=N2)c(F)c1.CCc1nc2cc(F)c(Cl)cn2c1C(=O)O.Cl.NCc1ccc(N2CCN(S(=O)(=O)C(F)(F)F)C=N2)c(F)c1. The summed E-state index contributed by atoms with van der Waals surface area (Å²) in [4.78, 5) is 32.2. The van der Waals surface area contributed by atoms with Crippen LogP contribution >= 0.6 is 35.6 Å². The first-order valence-corrected chi connectivity index (χ1v) is 25.0. The summed E-state index contributed by atoms with van der Waals surface area (Å²) in [5.74, 6) is -4.39. The van der Waals surface area contributed by atoms with Gasteiger partial charge in [0.1, 0.15) is 52.9 Å². The van der Waals surface area contributed by atoms with E-state index in [9.17, 15) is 70.3 Å². The number of amides is 1. The lowest BCUT2D eigenvalue weighted by Gasteiger charge is -2.29. The van der Waals surface area contributed by atoms with Crippen LogP contribution in [-0.2, 0) is 46.0 Å². The number of alkyl halides is 6. The van der Waals surface area contributed by atoms with Crippen LogP contribution in [0.3, 0.4) is 0 Å². The van der Waals surface area contributed by atoms with Crippen molar-refractivity contribution in [2.24, 2.45) is 15.9 Å². The van der Waals surface area contributed by atoms with Crippen LogP contribution < -0.4 is 21.1 Å². The summed E-state index contributed by atoms with van der Waals surface area (Å²) in [6, 6.07) is 10.2. The Kier molecular flexibility index (Phi) is 18.8. The van der Waals surface area contributed by atoms with E-state index in [1.54, 1.807) is 19.9 Å². The predicted octanol–water partition coefficient (Wildman–Crippen LogP) is 7.68. The van der Waals surface area contributed by atoms with E-state index in [4.69, 9.17) is 34.0 Å². The number of hydrogen-bond donors (Lipinski definition) is 3. The molecule has 6 heterocycles. The van der Waals surface area contributed by atoms with Gasteiger partial charge in [-0.3, -0.25) is 23.6 Å². The zero-order valence-electron chi connectivity index (χ0n) is 38.8. The van der Waals surface area contributed by atoms with Gasteiger partial charge in [0, 0.05) is 37.6 Å². The summed E-state index contributed by atoms with van der Waals surface area (Å²) < 4.78 is 179. The number of aromatic carboxylic acids is 1. The first-order chi connectivity index (χ1) is 35.0. The summed E-state index contributed by atoms with van der Waals surface area (Å²) in [5.41, 5.74) is -3.26. The minimum Gasteiger partial charge on any atom is -0.477 e. The third-order valence-corrected chi connectivity index (χ3v) is 14.3. The minimum absolute atomic E-state index is 0. The van der Waals surface area contributed by atoms with Crippen LogP contribution in [0, 0.1) is 23.3 Å². The summed E-state index contributed by atoms with van der Waals surface area (Å²) in [6.45, 7) is 1.97. The second-order valence-corrected chi connectivity index (χ2v) is 20.1. The Labute approximate surface area is 440 Å². The number of carbonyl (C=O) groups excluding carboxylic acids is 1. The van der Waals surface area contributed by atoms with Gasteiger partial charge in [-0.25, -0.2) is 40.9 Å². The third-order valence-electron chi connectivity index (χ3n) is 10.7. The number of carboxylic acids is 1. The zero-order valence-corrected chi connectivity index (χ0v) is 42.8. The van der Waals surface area contributed by atoms with Crippen LogP contribution in [0.2, 0.25) is 10.0 Å². The van der Waals surface area contributed by atoms with Gasteiger partial charge in [0.15, 0.2) is 5.69 Å². The predicted molar refractivity (Wildman–Crippen MR) is 260 cm³/mol. The molecule has 0 unspecified atom stereocenters. The Morgan fingerprint density at radius 1 is 0.658 bits per heavy atom. The Morgan fingerprint density at radius 3 is 1.43 bits per heavy atom. The van der Waals surface area contributed by atoms with Gasteiger partial charge in [0.25, 0.3) is 5.91 Å². The van der Waals surface area contributed by atoms with E-state index in [2.05, 4.69) is 25.5 Å². The van der Waals surface area contributed by atoms with Gasteiger partial charge in [0.2, 0.25) is 0 Å². The van der Waals surface area contributed by atoms with Crippen LogP contribution in [0.5, 0.6) is 0 Å². The quantitative estimate of drug-likeness (QED) is 0.106. The molecule has 19 nitrogen and oxygen atoms in total. The van der Waals surface area contributed by atoms with Crippen molar-refractivity contribution in [2.75, 3.05) is 36.2 Å². The average Bonchev–Trinajstić information content (AvgIpc) is 3.90. The summed E-state index contributed by atoms with van der Waals surface area (Å²) in [6.07, 6.45) is 4.29. The monoisotopic (exact) mass is 1180 g/mol. The number of nitrogens with two attached hydrogens (primary N) is 1. The number of carboxylic acid groups (broad SMARTS) is 1. The van der Waals surface area contributed by atoms with Crippen molar-refractivity contribution in [1.82, 2.24) is 32.7 Å². The molecule has 1 amide bonds. The number of hydrazone groups is 2. The Bertz CT molecular complexity index is 3460. The van der Waals surface area contributed by atoms with E-state index in [1.165, 1.54) is 45.5 Å². The van der Waals surface area contributed by atoms with Gasteiger partial charge in [-0.1, -0.05) is 49.2 Å². The molecule has 0 radical (unpaired) electrons. The lowest BCUT2D eigenvalue weighted by Crippen LogP contribution is -2.46. The fourth-order valence-electron chi connectivity index (χ4n) is 7.01. The van der Waals surface area contributed by atoms with Gasteiger partial charge < -0.3 is 16.2 Å². The number of nitrogens with one attached hydrogen (secondary N) is 1. The number of fused-ring (bicyclic) bond motifs is 2. The van der Waals surface area contributed by atoms with Gasteiger partial charge >= 0.3 is 37.0 Å². The van der Waals surface area contributed by atoms with Crippen molar-refractivity contribution in [3.05, 3.63) is 128 Å². The number of nitrogens with zero attached hydrogens (tertiary/aromatic N) is 10. The second kappa shape index (κ2) is 23.7. The van der Waals surface area contributed by atoms with Gasteiger partial charge in [0.05, 0.1) is 59.0 Å². The highest BCUT2D eigenvalue weighted by molar-refractivity contribution is 7.90. The van der Waals surface area contributed by atoms with E-state index in [0.717, 1.165) is 28.2 Å². The third kappa shape index (κ3) is 12.8.